The van der Waals surface area contributed by atoms with E-state index in [1.54, 1.807) is 0 Å². The molecule has 0 atom stereocenters. The highest BCUT2D eigenvalue weighted by atomic mass is 79.9. The fourth-order valence-corrected chi connectivity index (χ4v) is 3.37. The van der Waals surface area contributed by atoms with Crippen molar-refractivity contribution in [3.8, 4) is 0 Å². The van der Waals surface area contributed by atoms with Gasteiger partial charge in [-0.3, -0.25) is 9.59 Å². The van der Waals surface area contributed by atoms with Gasteiger partial charge in [0, 0.05) is 21.8 Å². The molecule has 0 spiro atoms. The first kappa shape index (κ1) is 25.9. The van der Waals surface area contributed by atoms with Gasteiger partial charge in [-0.1, -0.05) is 69.0 Å². The van der Waals surface area contributed by atoms with Gasteiger partial charge in [0.05, 0.1) is 11.4 Å². The molecule has 0 radical (unpaired) electrons. The fourth-order valence-electron chi connectivity index (χ4n) is 2.84. The third kappa shape index (κ3) is 9.87. The Morgan fingerprint density at radius 2 is 1.00 bits per heavy atom. The van der Waals surface area contributed by atoms with Gasteiger partial charge in [-0.2, -0.15) is 10.2 Å². The summed E-state index contributed by atoms with van der Waals surface area (Å²) in [6, 6.07) is 15.5. The summed E-state index contributed by atoms with van der Waals surface area (Å²) in [5, 5.41) is 8.31. The SMILES string of the molecule is C/C(=N\NC(=O)CCCCCCC(=O)N/N=C(\C)c1ccc(Br)cc1)c1ccc(Br)cc1. The molecular weight excluding hydrogens is 536 g/mol. The molecule has 32 heavy (non-hydrogen) atoms. The molecule has 170 valence electrons. The highest BCUT2D eigenvalue weighted by molar-refractivity contribution is 9.10. The molecular formula is C24H28Br2N4O2. The Balaban J connectivity index is 1.57. The van der Waals surface area contributed by atoms with E-state index in [2.05, 4.69) is 52.9 Å². The van der Waals surface area contributed by atoms with Gasteiger partial charge >= 0.3 is 0 Å². The predicted octanol–water partition coefficient (Wildman–Crippen LogP) is 5.93. The zero-order valence-electron chi connectivity index (χ0n) is 18.3. The summed E-state index contributed by atoms with van der Waals surface area (Å²) in [6.45, 7) is 3.72. The minimum Gasteiger partial charge on any atom is -0.273 e. The topological polar surface area (TPSA) is 82.9 Å². The standard InChI is InChI=1S/C24H28Br2N4O2/c1-17(19-9-13-21(25)14-10-19)27-29-23(31)7-5-3-4-6-8-24(32)30-28-18(2)20-11-15-22(26)16-12-20/h9-16H,3-8H2,1-2H3,(H,29,31)(H,30,32)/b27-17+,28-18+. The Morgan fingerprint density at radius 3 is 1.34 bits per heavy atom. The van der Waals surface area contributed by atoms with Gasteiger partial charge < -0.3 is 0 Å². The first-order chi connectivity index (χ1) is 15.3. The summed E-state index contributed by atoms with van der Waals surface area (Å²) in [4.78, 5) is 23.9. The van der Waals surface area contributed by atoms with Crippen LogP contribution in [0.15, 0.2) is 67.7 Å². The zero-order valence-corrected chi connectivity index (χ0v) is 21.5. The second-order valence-corrected chi connectivity index (χ2v) is 9.22. The van der Waals surface area contributed by atoms with Crippen molar-refractivity contribution in [1.82, 2.24) is 10.9 Å². The molecule has 0 fully saturated rings. The highest BCUT2D eigenvalue weighted by Crippen LogP contribution is 2.12. The van der Waals surface area contributed by atoms with E-state index in [1.165, 1.54) is 0 Å². The van der Waals surface area contributed by atoms with Crippen LogP contribution in [0.25, 0.3) is 0 Å². The maximum Gasteiger partial charge on any atom is 0.240 e. The van der Waals surface area contributed by atoms with Crippen LogP contribution >= 0.6 is 31.9 Å². The fraction of sp³-hybridized carbons (Fsp3) is 0.333. The van der Waals surface area contributed by atoms with E-state index in [0.29, 0.717) is 12.8 Å². The Morgan fingerprint density at radius 1 is 0.656 bits per heavy atom. The molecule has 0 bridgehead atoms. The van der Waals surface area contributed by atoms with Crippen molar-refractivity contribution in [3.05, 3.63) is 68.6 Å². The molecule has 0 aliphatic carbocycles. The zero-order chi connectivity index (χ0) is 23.3. The molecule has 0 aliphatic rings. The number of carbonyl (C=O) groups excluding carboxylic acids is 2. The lowest BCUT2D eigenvalue weighted by molar-refractivity contribution is -0.122. The summed E-state index contributed by atoms with van der Waals surface area (Å²) >= 11 is 6.79. The van der Waals surface area contributed by atoms with Crippen molar-refractivity contribution < 1.29 is 9.59 Å². The Kier molecular flexibility index (Phi) is 11.3. The van der Waals surface area contributed by atoms with E-state index in [9.17, 15) is 9.59 Å². The molecule has 2 amide bonds. The summed E-state index contributed by atoms with van der Waals surface area (Å²) in [5.41, 5.74) is 8.65. The molecule has 0 unspecified atom stereocenters. The molecule has 2 rings (SSSR count). The van der Waals surface area contributed by atoms with Gasteiger partial charge in [0.25, 0.3) is 0 Å². The molecule has 0 aromatic heterocycles. The number of carbonyl (C=O) groups is 2. The maximum absolute atomic E-state index is 12.0. The van der Waals surface area contributed by atoms with Crippen LogP contribution in [0, 0.1) is 0 Å². The number of hydrazone groups is 2. The summed E-state index contributed by atoms with van der Waals surface area (Å²) in [7, 11) is 0. The van der Waals surface area contributed by atoms with E-state index < -0.39 is 0 Å². The third-order valence-electron chi connectivity index (χ3n) is 4.78. The summed E-state index contributed by atoms with van der Waals surface area (Å²) < 4.78 is 2.00. The minimum absolute atomic E-state index is 0.100. The first-order valence-corrected chi connectivity index (χ1v) is 12.1. The number of benzene rings is 2. The number of unbranched alkanes of at least 4 members (excludes halogenated alkanes) is 3. The predicted molar refractivity (Wildman–Crippen MR) is 137 cm³/mol. The Labute approximate surface area is 206 Å². The van der Waals surface area contributed by atoms with E-state index in [-0.39, 0.29) is 11.8 Å². The van der Waals surface area contributed by atoms with Crippen molar-refractivity contribution in [2.24, 2.45) is 10.2 Å². The monoisotopic (exact) mass is 562 g/mol. The van der Waals surface area contributed by atoms with Crippen molar-refractivity contribution >= 4 is 55.1 Å². The van der Waals surface area contributed by atoms with E-state index in [0.717, 1.165) is 57.2 Å². The molecule has 0 aliphatic heterocycles. The molecule has 2 N–H and O–H groups in total. The van der Waals surface area contributed by atoms with Gasteiger partial charge in [-0.05, 0) is 62.1 Å². The van der Waals surface area contributed by atoms with Crippen LogP contribution in [-0.4, -0.2) is 23.2 Å². The van der Waals surface area contributed by atoms with Crippen molar-refractivity contribution in [3.63, 3.8) is 0 Å². The number of hydrogen-bond acceptors (Lipinski definition) is 4. The number of hydrogen-bond donors (Lipinski definition) is 2. The Bertz CT molecular complexity index is 875. The van der Waals surface area contributed by atoms with Crippen molar-refractivity contribution in [2.75, 3.05) is 0 Å². The molecule has 2 aromatic carbocycles. The molecule has 0 heterocycles. The van der Waals surface area contributed by atoms with E-state index in [4.69, 9.17) is 0 Å². The molecule has 2 aromatic rings. The van der Waals surface area contributed by atoms with E-state index in [1.807, 2.05) is 62.4 Å². The Hall–Kier alpha value is -2.32. The molecule has 8 heteroatoms. The van der Waals surface area contributed by atoms with Gasteiger partial charge in [0.15, 0.2) is 0 Å². The number of rotatable bonds is 11. The van der Waals surface area contributed by atoms with Crippen LogP contribution in [-0.2, 0) is 9.59 Å². The van der Waals surface area contributed by atoms with Crippen molar-refractivity contribution in [1.29, 1.82) is 0 Å². The van der Waals surface area contributed by atoms with Gasteiger partial charge in [0.2, 0.25) is 11.8 Å². The maximum atomic E-state index is 12.0. The van der Waals surface area contributed by atoms with Crippen LogP contribution in [0.2, 0.25) is 0 Å². The lowest BCUT2D eigenvalue weighted by atomic mass is 10.1. The minimum atomic E-state index is -0.100. The number of amides is 2. The molecule has 0 saturated heterocycles. The first-order valence-electron chi connectivity index (χ1n) is 10.5. The van der Waals surface area contributed by atoms with Gasteiger partial charge in [-0.25, -0.2) is 10.9 Å². The summed E-state index contributed by atoms with van der Waals surface area (Å²) in [5.74, 6) is -0.200. The number of halogens is 2. The number of nitrogens with zero attached hydrogens (tertiary/aromatic N) is 2. The summed E-state index contributed by atoms with van der Waals surface area (Å²) in [6.07, 6.45) is 4.14. The van der Waals surface area contributed by atoms with Crippen LogP contribution in [0.1, 0.15) is 63.5 Å². The molecule has 0 saturated carbocycles. The lowest BCUT2D eigenvalue weighted by Crippen LogP contribution is -2.19. The normalized spacial score (nSPS) is 11.9. The van der Waals surface area contributed by atoms with Crippen LogP contribution in [0.5, 0.6) is 0 Å². The van der Waals surface area contributed by atoms with Crippen LogP contribution < -0.4 is 10.9 Å². The van der Waals surface area contributed by atoms with Crippen LogP contribution in [0.4, 0.5) is 0 Å². The third-order valence-corrected chi connectivity index (χ3v) is 5.84. The second kappa shape index (κ2) is 14.0. The smallest absolute Gasteiger partial charge is 0.240 e. The quantitative estimate of drug-likeness (QED) is 0.202. The van der Waals surface area contributed by atoms with Crippen molar-refractivity contribution in [2.45, 2.75) is 52.4 Å². The van der Waals surface area contributed by atoms with Crippen LogP contribution in [0.3, 0.4) is 0 Å². The highest BCUT2D eigenvalue weighted by Gasteiger charge is 2.04. The van der Waals surface area contributed by atoms with E-state index >= 15 is 0 Å². The largest absolute Gasteiger partial charge is 0.273 e. The van der Waals surface area contributed by atoms with Gasteiger partial charge in [-0.15, -0.1) is 0 Å². The average Bonchev–Trinajstić information content (AvgIpc) is 2.79. The average molecular weight is 564 g/mol. The molecule has 6 nitrogen and oxygen atoms in total. The lowest BCUT2D eigenvalue weighted by Gasteiger charge is -2.04. The second-order valence-electron chi connectivity index (χ2n) is 7.39. The van der Waals surface area contributed by atoms with Gasteiger partial charge in [0.1, 0.15) is 0 Å². The number of nitrogens with one attached hydrogen (secondary N) is 2.